The molecule has 0 saturated carbocycles. The Hall–Kier alpha value is -1.97. The van der Waals surface area contributed by atoms with Crippen molar-refractivity contribution in [2.24, 2.45) is 12.8 Å². The number of para-hydroxylation sites is 1. The maximum absolute atomic E-state index is 11.0. The molecule has 2 aromatic rings. The Labute approximate surface area is 94.3 Å². The number of nitrogens with two attached hydrogens (primary N) is 1. The van der Waals surface area contributed by atoms with E-state index in [0.29, 0.717) is 6.54 Å². The number of fused-ring (bicyclic) bond motifs is 1. The van der Waals surface area contributed by atoms with E-state index in [1.54, 1.807) is 7.05 Å². The van der Waals surface area contributed by atoms with Gasteiger partial charge in [0.15, 0.2) is 0 Å². The molecule has 0 aliphatic rings. The maximum atomic E-state index is 11.0. The third-order valence-electron chi connectivity index (χ3n) is 2.76. The average molecular weight is 217 g/mol. The lowest BCUT2D eigenvalue weighted by molar-refractivity contribution is 0.217. The van der Waals surface area contributed by atoms with Crippen molar-refractivity contribution < 1.29 is 4.79 Å². The van der Waals surface area contributed by atoms with Gasteiger partial charge >= 0.3 is 6.03 Å². The molecule has 84 valence electrons. The van der Waals surface area contributed by atoms with Crippen LogP contribution in [0.25, 0.3) is 10.9 Å². The Morgan fingerprint density at radius 2 is 2.12 bits per heavy atom. The van der Waals surface area contributed by atoms with E-state index in [2.05, 4.69) is 16.7 Å². The summed E-state index contributed by atoms with van der Waals surface area (Å²) in [6, 6.07) is 7.70. The van der Waals surface area contributed by atoms with Gasteiger partial charge in [0.2, 0.25) is 0 Å². The lowest BCUT2D eigenvalue weighted by Crippen LogP contribution is -2.31. The van der Waals surface area contributed by atoms with Crippen LogP contribution < -0.4 is 5.73 Å². The summed E-state index contributed by atoms with van der Waals surface area (Å²) >= 11 is 0. The van der Waals surface area contributed by atoms with Gasteiger partial charge < -0.3 is 15.2 Å². The summed E-state index contributed by atoms with van der Waals surface area (Å²) in [6.45, 7) is 0.538. The van der Waals surface area contributed by atoms with Gasteiger partial charge in [0.05, 0.1) is 0 Å². The second-order valence-corrected chi connectivity index (χ2v) is 3.98. The zero-order valence-corrected chi connectivity index (χ0v) is 9.47. The standard InChI is InChI=1S/C12H15N3O/c1-14-7-9(8-15(2)12(13)16)10-5-3-4-6-11(10)14/h3-7H,8H2,1-2H3,(H2,13,16). The second-order valence-electron chi connectivity index (χ2n) is 3.98. The zero-order valence-electron chi connectivity index (χ0n) is 9.47. The molecule has 0 spiro atoms. The Kier molecular flexibility index (Phi) is 2.56. The van der Waals surface area contributed by atoms with Crippen LogP contribution in [-0.4, -0.2) is 22.5 Å². The van der Waals surface area contributed by atoms with E-state index in [1.165, 1.54) is 4.90 Å². The summed E-state index contributed by atoms with van der Waals surface area (Å²) in [7, 11) is 3.69. The van der Waals surface area contributed by atoms with E-state index in [-0.39, 0.29) is 0 Å². The molecule has 0 bridgehead atoms. The van der Waals surface area contributed by atoms with Crippen molar-refractivity contribution in [3.8, 4) is 0 Å². The Morgan fingerprint density at radius 1 is 1.44 bits per heavy atom. The van der Waals surface area contributed by atoms with Crippen LogP contribution in [0.5, 0.6) is 0 Å². The fourth-order valence-electron chi connectivity index (χ4n) is 1.89. The number of carbonyl (C=O) groups is 1. The maximum Gasteiger partial charge on any atom is 0.314 e. The van der Waals surface area contributed by atoms with Crippen molar-refractivity contribution >= 4 is 16.9 Å². The van der Waals surface area contributed by atoms with Gasteiger partial charge in [-0.05, 0) is 11.6 Å². The topological polar surface area (TPSA) is 51.3 Å². The number of hydrogen-bond acceptors (Lipinski definition) is 1. The monoisotopic (exact) mass is 217 g/mol. The summed E-state index contributed by atoms with van der Waals surface area (Å²) in [5.41, 5.74) is 7.49. The summed E-state index contributed by atoms with van der Waals surface area (Å²) < 4.78 is 2.06. The molecule has 4 heteroatoms. The van der Waals surface area contributed by atoms with Crippen LogP contribution in [0.3, 0.4) is 0 Å². The Morgan fingerprint density at radius 3 is 2.81 bits per heavy atom. The summed E-state index contributed by atoms with van der Waals surface area (Å²) in [5.74, 6) is 0. The van der Waals surface area contributed by atoms with Gasteiger partial charge in [-0.25, -0.2) is 4.79 Å². The number of hydrogen-bond donors (Lipinski definition) is 1. The first kappa shape index (κ1) is 10.5. The minimum atomic E-state index is -0.409. The highest BCUT2D eigenvalue weighted by Gasteiger charge is 2.09. The van der Waals surface area contributed by atoms with Gasteiger partial charge in [0.25, 0.3) is 0 Å². The molecule has 0 fully saturated rings. The lowest BCUT2D eigenvalue weighted by Gasteiger charge is -2.12. The molecule has 1 aromatic carbocycles. The highest BCUT2D eigenvalue weighted by Crippen LogP contribution is 2.21. The summed E-state index contributed by atoms with van der Waals surface area (Å²) in [6.07, 6.45) is 2.03. The van der Waals surface area contributed by atoms with Gasteiger partial charge in [-0.3, -0.25) is 0 Å². The van der Waals surface area contributed by atoms with Crippen molar-refractivity contribution in [1.82, 2.24) is 9.47 Å². The van der Waals surface area contributed by atoms with Gasteiger partial charge in [-0.2, -0.15) is 0 Å². The smallest absolute Gasteiger partial charge is 0.314 e. The van der Waals surface area contributed by atoms with Crippen LogP contribution in [0.2, 0.25) is 0 Å². The van der Waals surface area contributed by atoms with Gasteiger partial charge in [0.1, 0.15) is 0 Å². The van der Waals surface area contributed by atoms with E-state index < -0.39 is 6.03 Å². The molecule has 0 unspecified atom stereocenters. The van der Waals surface area contributed by atoms with E-state index in [9.17, 15) is 4.79 Å². The molecule has 16 heavy (non-hydrogen) atoms. The van der Waals surface area contributed by atoms with Gasteiger partial charge in [-0.15, -0.1) is 0 Å². The SMILES string of the molecule is CN(Cc1cn(C)c2ccccc12)C(N)=O. The molecular formula is C12H15N3O. The third kappa shape index (κ3) is 1.74. The van der Waals surface area contributed by atoms with Crippen molar-refractivity contribution in [3.05, 3.63) is 36.0 Å². The number of rotatable bonds is 2. The van der Waals surface area contributed by atoms with E-state index >= 15 is 0 Å². The van der Waals surface area contributed by atoms with Crippen LogP contribution in [0.15, 0.2) is 30.5 Å². The predicted molar refractivity (Wildman–Crippen MR) is 64.0 cm³/mol. The molecule has 2 rings (SSSR count). The number of aromatic nitrogens is 1. The Balaban J connectivity index is 2.42. The molecule has 2 N–H and O–H groups in total. The number of carbonyl (C=O) groups excluding carboxylic acids is 1. The number of aryl methyl sites for hydroxylation is 1. The number of primary amides is 1. The molecule has 4 nitrogen and oxygen atoms in total. The number of urea groups is 1. The fraction of sp³-hybridized carbons (Fsp3) is 0.250. The fourth-order valence-corrected chi connectivity index (χ4v) is 1.89. The van der Waals surface area contributed by atoms with Crippen molar-refractivity contribution in [2.75, 3.05) is 7.05 Å². The van der Waals surface area contributed by atoms with E-state index in [4.69, 9.17) is 5.73 Å². The highest BCUT2D eigenvalue weighted by molar-refractivity contribution is 5.84. The normalized spacial score (nSPS) is 10.6. The minimum Gasteiger partial charge on any atom is -0.351 e. The van der Waals surface area contributed by atoms with Crippen molar-refractivity contribution in [3.63, 3.8) is 0 Å². The van der Waals surface area contributed by atoms with Crippen LogP contribution >= 0.6 is 0 Å². The molecule has 1 heterocycles. The highest BCUT2D eigenvalue weighted by atomic mass is 16.2. The number of benzene rings is 1. The van der Waals surface area contributed by atoms with Gasteiger partial charge in [0, 0.05) is 37.7 Å². The molecule has 2 amide bonds. The van der Waals surface area contributed by atoms with Crippen LogP contribution in [0.4, 0.5) is 4.79 Å². The van der Waals surface area contributed by atoms with Crippen LogP contribution in [-0.2, 0) is 13.6 Å². The van der Waals surface area contributed by atoms with Crippen molar-refractivity contribution in [2.45, 2.75) is 6.54 Å². The molecule has 0 aliphatic heterocycles. The van der Waals surface area contributed by atoms with Crippen LogP contribution in [0.1, 0.15) is 5.56 Å². The first-order valence-electron chi connectivity index (χ1n) is 5.13. The molecular weight excluding hydrogens is 202 g/mol. The van der Waals surface area contributed by atoms with Crippen LogP contribution in [0, 0.1) is 0 Å². The second kappa shape index (κ2) is 3.89. The van der Waals surface area contributed by atoms with Crippen molar-refractivity contribution in [1.29, 1.82) is 0 Å². The largest absolute Gasteiger partial charge is 0.351 e. The first-order chi connectivity index (χ1) is 7.59. The van der Waals surface area contributed by atoms with E-state index in [1.807, 2.05) is 25.4 Å². The number of nitrogens with zero attached hydrogens (tertiary/aromatic N) is 2. The lowest BCUT2D eigenvalue weighted by atomic mass is 10.2. The third-order valence-corrected chi connectivity index (χ3v) is 2.76. The Bertz CT molecular complexity index is 530. The number of amides is 2. The summed E-state index contributed by atoms with van der Waals surface area (Å²) in [5, 5.41) is 1.16. The predicted octanol–water partition coefficient (Wildman–Crippen LogP) is 1.69. The summed E-state index contributed by atoms with van der Waals surface area (Å²) in [4.78, 5) is 12.5. The van der Waals surface area contributed by atoms with E-state index in [0.717, 1.165) is 16.5 Å². The molecule has 0 atom stereocenters. The molecule has 0 aliphatic carbocycles. The molecule has 0 saturated heterocycles. The average Bonchev–Trinajstić information content (AvgIpc) is 2.57. The quantitative estimate of drug-likeness (QED) is 0.817. The van der Waals surface area contributed by atoms with Gasteiger partial charge in [-0.1, -0.05) is 18.2 Å². The molecule has 0 radical (unpaired) electrons. The zero-order chi connectivity index (χ0) is 11.7. The molecule has 1 aromatic heterocycles. The first-order valence-corrected chi connectivity index (χ1v) is 5.13. The minimum absolute atomic E-state index is 0.409.